The lowest BCUT2D eigenvalue weighted by molar-refractivity contribution is -0.113. The first-order valence-corrected chi connectivity index (χ1v) is 10.7. The molecule has 1 heterocycles. The van der Waals surface area contributed by atoms with E-state index < -0.39 is 0 Å². The van der Waals surface area contributed by atoms with Crippen LogP contribution in [0.2, 0.25) is 10.0 Å². The van der Waals surface area contributed by atoms with E-state index in [0.717, 1.165) is 5.69 Å². The van der Waals surface area contributed by atoms with Gasteiger partial charge in [0.15, 0.2) is 5.16 Å². The summed E-state index contributed by atoms with van der Waals surface area (Å²) in [5, 5.41) is 12.5. The minimum absolute atomic E-state index is 0.169. The molecule has 1 N–H and O–H groups in total. The lowest BCUT2D eigenvalue weighted by atomic mass is 10.2. The molecule has 0 spiro atoms. The van der Waals surface area contributed by atoms with Gasteiger partial charge in [0.1, 0.15) is 12.1 Å². The van der Waals surface area contributed by atoms with Crippen LogP contribution >= 0.6 is 35.0 Å². The molecule has 152 valence electrons. The molecule has 0 aliphatic heterocycles. The van der Waals surface area contributed by atoms with Crippen molar-refractivity contribution in [1.29, 1.82) is 0 Å². The number of thioether (sulfide) groups is 1. The number of amides is 1. The molecular weight excluding hydrogens is 431 g/mol. The summed E-state index contributed by atoms with van der Waals surface area (Å²) in [5.74, 6) is 0.990. The van der Waals surface area contributed by atoms with Gasteiger partial charge in [0.05, 0.1) is 23.1 Å². The van der Waals surface area contributed by atoms with Crippen molar-refractivity contribution in [2.45, 2.75) is 19.0 Å². The minimum atomic E-state index is -0.178. The van der Waals surface area contributed by atoms with E-state index in [2.05, 4.69) is 29.4 Å². The molecule has 0 aliphatic carbocycles. The summed E-state index contributed by atoms with van der Waals surface area (Å²) in [4.78, 5) is 12.3. The molecule has 3 aromatic rings. The summed E-state index contributed by atoms with van der Waals surface area (Å²) in [6, 6.07) is 12.5. The molecule has 9 heteroatoms. The average molecular weight is 451 g/mol. The number of halogens is 2. The fraction of sp³-hybridized carbons (Fsp3) is 0.250. The number of carbonyl (C=O) groups excluding carboxylic acids is 1. The molecule has 0 saturated carbocycles. The Hall–Kier alpha value is -2.22. The van der Waals surface area contributed by atoms with Gasteiger partial charge < -0.3 is 10.1 Å². The van der Waals surface area contributed by atoms with Crippen LogP contribution in [-0.4, -0.2) is 33.0 Å². The van der Waals surface area contributed by atoms with E-state index in [1.165, 1.54) is 11.8 Å². The van der Waals surface area contributed by atoms with Gasteiger partial charge in [-0.3, -0.25) is 9.36 Å². The summed E-state index contributed by atoms with van der Waals surface area (Å²) >= 11 is 13.6. The number of aromatic nitrogens is 3. The van der Waals surface area contributed by atoms with Gasteiger partial charge in [-0.25, -0.2) is 0 Å². The van der Waals surface area contributed by atoms with Crippen molar-refractivity contribution in [3.05, 3.63) is 58.8 Å². The standard InChI is InChI=1S/C20H20Cl2N4O2S/c1-13(2)10-28-18-7-6-15(9-17(18)22)24-19(27)11-29-20-25-23-12-26(20)16-5-3-4-14(21)8-16/h3-9,12-13H,10-11H2,1-2H3,(H,24,27). The van der Waals surface area contributed by atoms with E-state index in [9.17, 15) is 4.79 Å². The predicted octanol–water partition coefficient (Wildman–Crippen LogP) is 5.34. The second-order valence-corrected chi connectivity index (χ2v) is 8.44. The van der Waals surface area contributed by atoms with Crippen molar-refractivity contribution in [3.63, 3.8) is 0 Å². The van der Waals surface area contributed by atoms with Crippen LogP contribution in [0.15, 0.2) is 53.9 Å². The number of anilines is 1. The summed E-state index contributed by atoms with van der Waals surface area (Å²) in [6.45, 7) is 4.70. The molecule has 0 radical (unpaired) electrons. The molecule has 0 saturated heterocycles. The maximum atomic E-state index is 12.3. The third-order valence-corrected chi connectivity index (χ3v) is 5.20. The molecule has 0 atom stereocenters. The predicted molar refractivity (Wildman–Crippen MR) is 118 cm³/mol. The van der Waals surface area contributed by atoms with E-state index in [4.69, 9.17) is 27.9 Å². The van der Waals surface area contributed by atoms with Gasteiger partial charge in [0, 0.05) is 10.7 Å². The number of carbonyl (C=O) groups is 1. The molecule has 0 unspecified atom stereocenters. The number of hydrogen-bond donors (Lipinski definition) is 1. The number of rotatable bonds is 8. The van der Waals surface area contributed by atoms with Gasteiger partial charge in [-0.15, -0.1) is 10.2 Å². The van der Waals surface area contributed by atoms with E-state index in [-0.39, 0.29) is 11.7 Å². The molecule has 0 aliphatic rings. The first-order chi connectivity index (χ1) is 13.9. The highest BCUT2D eigenvalue weighted by Crippen LogP contribution is 2.28. The van der Waals surface area contributed by atoms with E-state index in [1.807, 2.05) is 12.1 Å². The first-order valence-electron chi connectivity index (χ1n) is 8.93. The quantitative estimate of drug-likeness (QED) is 0.469. The van der Waals surface area contributed by atoms with Crippen LogP contribution in [0.5, 0.6) is 5.75 Å². The Labute approximate surface area is 183 Å². The second-order valence-electron chi connectivity index (χ2n) is 6.65. The maximum absolute atomic E-state index is 12.3. The summed E-state index contributed by atoms with van der Waals surface area (Å²) in [7, 11) is 0. The summed E-state index contributed by atoms with van der Waals surface area (Å²) in [5.41, 5.74) is 1.43. The Morgan fingerprint density at radius 2 is 2.07 bits per heavy atom. The van der Waals surface area contributed by atoms with Gasteiger partial charge in [-0.1, -0.05) is 54.9 Å². The second kappa shape index (κ2) is 10.0. The van der Waals surface area contributed by atoms with Crippen molar-refractivity contribution in [2.75, 3.05) is 17.7 Å². The van der Waals surface area contributed by atoms with Crippen LogP contribution in [0.1, 0.15) is 13.8 Å². The maximum Gasteiger partial charge on any atom is 0.234 e. The topological polar surface area (TPSA) is 69.0 Å². The average Bonchev–Trinajstić information content (AvgIpc) is 3.14. The molecule has 0 fully saturated rings. The monoisotopic (exact) mass is 450 g/mol. The lowest BCUT2D eigenvalue weighted by Crippen LogP contribution is -2.14. The van der Waals surface area contributed by atoms with Crippen molar-refractivity contribution in [1.82, 2.24) is 14.8 Å². The van der Waals surface area contributed by atoms with Crippen molar-refractivity contribution in [3.8, 4) is 11.4 Å². The number of ether oxygens (including phenoxy) is 1. The van der Waals surface area contributed by atoms with Crippen LogP contribution in [0, 0.1) is 5.92 Å². The van der Waals surface area contributed by atoms with Gasteiger partial charge in [0.25, 0.3) is 0 Å². The van der Waals surface area contributed by atoms with Gasteiger partial charge in [-0.2, -0.15) is 0 Å². The smallest absolute Gasteiger partial charge is 0.234 e. The van der Waals surface area contributed by atoms with Gasteiger partial charge in [-0.05, 0) is 42.3 Å². The highest BCUT2D eigenvalue weighted by molar-refractivity contribution is 7.99. The third kappa shape index (κ3) is 6.13. The highest BCUT2D eigenvalue weighted by Gasteiger charge is 2.12. The van der Waals surface area contributed by atoms with Crippen molar-refractivity contribution in [2.24, 2.45) is 5.92 Å². The Morgan fingerprint density at radius 3 is 2.79 bits per heavy atom. The Morgan fingerprint density at radius 1 is 1.24 bits per heavy atom. The fourth-order valence-corrected chi connectivity index (χ4v) is 3.55. The number of hydrogen-bond acceptors (Lipinski definition) is 5. The van der Waals surface area contributed by atoms with Crippen molar-refractivity contribution >= 4 is 46.6 Å². The van der Waals surface area contributed by atoms with E-state index >= 15 is 0 Å². The SMILES string of the molecule is CC(C)COc1ccc(NC(=O)CSc2nncn2-c2cccc(Cl)c2)cc1Cl. The lowest BCUT2D eigenvalue weighted by Gasteiger charge is -2.12. The van der Waals surface area contributed by atoms with Crippen LogP contribution < -0.4 is 10.1 Å². The largest absolute Gasteiger partial charge is 0.492 e. The van der Waals surface area contributed by atoms with E-state index in [0.29, 0.717) is 39.2 Å². The summed E-state index contributed by atoms with van der Waals surface area (Å²) in [6.07, 6.45) is 1.58. The van der Waals surface area contributed by atoms with Gasteiger partial charge in [0.2, 0.25) is 5.91 Å². The Bertz CT molecular complexity index is 994. The zero-order valence-electron chi connectivity index (χ0n) is 15.9. The van der Waals surface area contributed by atoms with Crippen LogP contribution in [0.3, 0.4) is 0 Å². The number of benzene rings is 2. The zero-order chi connectivity index (χ0) is 20.8. The number of nitrogens with zero attached hydrogens (tertiary/aromatic N) is 3. The number of nitrogens with one attached hydrogen (secondary N) is 1. The molecule has 29 heavy (non-hydrogen) atoms. The van der Waals surface area contributed by atoms with E-state index in [1.54, 1.807) is 41.2 Å². The normalized spacial score (nSPS) is 10.9. The van der Waals surface area contributed by atoms with Gasteiger partial charge >= 0.3 is 0 Å². The third-order valence-electron chi connectivity index (χ3n) is 3.72. The zero-order valence-corrected chi connectivity index (χ0v) is 18.3. The molecule has 2 aromatic carbocycles. The Balaban J connectivity index is 1.58. The molecule has 1 amide bonds. The molecule has 3 rings (SSSR count). The minimum Gasteiger partial charge on any atom is -0.492 e. The van der Waals surface area contributed by atoms with Crippen molar-refractivity contribution < 1.29 is 9.53 Å². The van der Waals surface area contributed by atoms with Crippen LogP contribution in [0.25, 0.3) is 5.69 Å². The molecule has 6 nitrogen and oxygen atoms in total. The Kier molecular flexibility index (Phi) is 7.41. The van der Waals surface area contributed by atoms with Crippen LogP contribution in [0.4, 0.5) is 5.69 Å². The highest BCUT2D eigenvalue weighted by atomic mass is 35.5. The van der Waals surface area contributed by atoms with Crippen LogP contribution in [-0.2, 0) is 4.79 Å². The fourth-order valence-electron chi connectivity index (χ4n) is 2.41. The first kappa shape index (κ1) is 21.5. The molecule has 1 aromatic heterocycles. The molecule has 0 bridgehead atoms. The summed E-state index contributed by atoms with van der Waals surface area (Å²) < 4.78 is 7.42. The molecular formula is C20H20Cl2N4O2S.